The number of nitro benzene ring substituents is 2. The van der Waals surface area contributed by atoms with Crippen LogP contribution in [-0.2, 0) is 16.2 Å². The van der Waals surface area contributed by atoms with Gasteiger partial charge in [-0.05, 0) is 47.9 Å². The summed E-state index contributed by atoms with van der Waals surface area (Å²) >= 11 is 2.57. The van der Waals surface area contributed by atoms with Gasteiger partial charge in [-0.15, -0.1) is 11.8 Å². The Hall–Kier alpha value is -4.82. The van der Waals surface area contributed by atoms with E-state index >= 15 is 0 Å². The number of aromatic amines is 1. The molecule has 2 aliphatic heterocycles. The average Bonchev–Trinajstić information content (AvgIpc) is 3.79. The van der Waals surface area contributed by atoms with Crippen LogP contribution in [0.1, 0.15) is 28.3 Å². The van der Waals surface area contributed by atoms with Crippen LogP contribution >= 0.6 is 23.1 Å². The standard InChI is InChI=1S/C32H24N4O8S2/c37-30-25-20-13-21(26(25)31(38)34(30)16-6-8-17(9-7-16)35(40)41)27-24(20)23(28-29(45-27)33-32(39)46-28)19-12-18(36(42)43)10-11-22(19)44-14-15-4-2-1-3-5-15/h1-12,20-21,23-27H,13-14H2,(H,33,39)/t20?,21?,23-,24?,25?,26?,27?/m1/s1. The van der Waals surface area contributed by atoms with Crippen LogP contribution in [0.2, 0.25) is 0 Å². The molecule has 6 unspecified atom stereocenters. The molecule has 0 radical (unpaired) electrons. The average molecular weight is 657 g/mol. The van der Waals surface area contributed by atoms with Crippen molar-refractivity contribution < 1.29 is 24.2 Å². The third-order valence-corrected chi connectivity index (χ3v) is 12.4. The van der Waals surface area contributed by atoms with E-state index in [9.17, 15) is 34.6 Å². The highest BCUT2D eigenvalue weighted by molar-refractivity contribution is 8.00. The number of non-ortho nitro benzene ring substituents is 2. The van der Waals surface area contributed by atoms with Crippen LogP contribution in [0.5, 0.6) is 5.75 Å². The van der Waals surface area contributed by atoms with E-state index in [-0.39, 0.29) is 57.7 Å². The first-order valence-corrected chi connectivity index (χ1v) is 16.4. The van der Waals surface area contributed by atoms with Crippen LogP contribution < -0.4 is 14.5 Å². The minimum Gasteiger partial charge on any atom is -0.489 e. The number of thiazole rings is 1. The molecule has 8 rings (SSSR count). The number of amides is 2. The summed E-state index contributed by atoms with van der Waals surface area (Å²) < 4.78 is 6.30. The molecule has 1 saturated heterocycles. The van der Waals surface area contributed by atoms with E-state index in [1.807, 2.05) is 30.3 Å². The SMILES string of the molecule is O=C1C2C3CC(C2C(=O)N1c1ccc([N+](=O)[O-])cc1)C1C3Sc2[nH]c(=O)sc2[C@@H]1c1cc([N+](=O)[O-])ccc1OCc1ccccc1. The third-order valence-electron chi connectivity index (χ3n) is 9.82. The van der Waals surface area contributed by atoms with Gasteiger partial charge in [-0.2, -0.15) is 0 Å². The molecule has 14 heteroatoms. The van der Waals surface area contributed by atoms with Crippen molar-refractivity contribution in [3.63, 3.8) is 0 Å². The number of thioether (sulfide) groups is 1. The zero-order valence-corrected chi connectivity index (χ0v) is 25.4. The van der Waals surface area contributed by atoms with Crippen LogP contribution in [-0.4, -0.2) is 31.9 Å². The molecule has 4 aliphatic rings. The summed E-state index contributed by atoms with van der Waals surface area (Å²) in [6.07, 6.45) is 0.633. The number of nitro groups is 2. The molecule has 12 nitrogen and oxygen atoms in total. The molecule has 2 aliphatic carbocycles. The van der Waals surface area contributed by atoms with Gasteiger partial charge in [-0.3, -0.25) is 39.5 Å². The number of imide groups is 1. The number of aromatic nitrogens is 1. The van der Waals surface area contributed by atoms with Crippen LogP contribution in [0.25, 0.3) is 0 Å². The molecule has 232 valence electrons. The number of benzene rings is 3. The van der Waals surface area contributed by atoms with Crippen LogP contribution in [0, 0.1) is 49.8 Å². The first-order chi connectivity index (χ1) is 22.2. The minimum absolute atomic E-state index is 0.112. The lowest BCUT2D eigenvalue weighted by atomic mass is 9.68. The van der Waals surface area contributed by atoms with Crippen molar-refractivity contribution >= 4 is 52.0 Å². The molecule has 2 amide bonds. The van der Waals surface area contributed by atoms with Crippen molar-refractivity contribution in [2.24, 2.45) is 29.6 Å². The van der Waals surface area contributed by atoms with Crippen molar-refractivity contribution in [1.29, 1.82) is 0 Å². The fraction of sp³-hybridized carbons (Fsp3) is 0.281. The predicted octanol–water partition coefficient (Wildman–Crippen LogP) is 5.51. The van der Waals surface area contributed by atoms with Gasteiger partial charge in [0.2, 0.25) is 11.8 Å². The Morgan fingerprint density at radius 3 is 2.24 bits per heavy atom. The third kappa shape index (κ3) is 4.31. The first-order valence-electron chi connectivity index (χ1n) is 14.7. The fourth-order valence-electron chi connectivity index (χ4n) is 8.10. The molecular weight excluding hydrogens is 633 g/mol. The summed E-state index contributed by atoms with van der Waals surface area (Å²) in [6.45, 7) is 0.228. The zero-order chi connectivity index (χ0) is 31.9. The Balaban J connectivity index is 1.21. The van der Waals surface area contributed by atoms with E-state index in [2.05, 4.69) is 4.98 Å². The minimum atomic E-state index is -0.610. The number of H-pyrrole nitrogens is 1. The molecule has 4 aromatic rings. The number of hydrogen-bond donors (Lipinski definition) is 1. The Kier molecular flexibility index (Phi) is 6.62. The van der Waals surface area contributed by atoms with Gasteiger partial charge in [0.1, 0.15) is 12.4 Å². The Bertz CT molecular complexity index is 1990. The van der Waals surface area contributed by atoms with E-state index in [0.717, 1.165) is 26.7 Å². The predicted molar refractivity (Wildman–Crippen MR) is 168 cm³/mol. The number of carbonyl (C=O) groups excluding carboxylic acids is 2. The van der Waals surface area contributed by atoms with Crippen molar-refractivity contribution in [3.05, 3.63) is 119 Å². The molecule has 1 aromatic heterocycles. The molecule has 1 N–H and O–H groups in total. The summed E-state index contributed by atoms with van der Waals surface area (Å²) in [7, 11) is 0. The normalized spacial score (nSPS) is 27.3. The number of hydrogen-bond acceptors (Lipinski definition) is 10. The van der Waals surface area contributed by atoms with Gasteiger partial charge in [0.25, 0.3) is 11.4 Å². The monoisotopic (exact) mass is 656 g/mol. The topological polar surface area (TPSA) is 166 Å². The molecule has 3 heterocycles. The maximum absolute atomic E-state index is 14.0. The summed E-state index contributed by atoms with van der Waals surface area (Å²) in [5.74, 6) is -2.47. The van der Waals surface area contributed by atoms with E-state index < -0.39 is 27.6 Å². The van der Waals surface area contributed by atoms with Gasteiger partial charge in [-0.1, -0.05) is 41.7 Å². The molecule has 3 aromatic carbocycles. The number of fused-ring (bicyclic) bond motifs is 9. The Labute approximate surface area is 268 Å². The first kappa shape index (κ1) is 28.6. The highest BCUT2D eigenvalue weighted by atomic mass is 32.2. The summed E-state index contributed by atoms with van der Waals surface area (Å²) in [4.78, 5) is 67.4. The van der Waals surface area contributed by atoms with E-state index in [1.54, 1.807) is 6.07 Å². The van der Waals surface area contributed by atoms with Gasteiger partial charge in [0, 0.05) is 45.9 Å². The van der Waals surface area contributed by atoms with Gasteiger partial charge >= 0.3 is 4.87 Å². The van der Waals surface area contributed by atoms with Gasteiger partial charge in [0.15, 0.2) is 0 Å². The second-order valence-electron chi connectivity index (χ2n) is 12.0. The lowest BCUT2D eigenvalue weighted by molar-refractivity contribution is -0.385. The van der Waals surface area contributed by atoms with Crippen molar-refractivity contribution in [2.75, 3.05) is 4.90 Å². The van der Waals surface area contributed by atoms with Crippen molar-refractivity contribution in [3.8, 4) is 5.75 Å². The van der Waals surface area contributed by atoms with E-state index in [1.165, 1.54) is 48.2 Å². The fourth-order valence-corrected chi connectivity index (χ4v) is 11.0. The van der Waals surface area contributed by atoms with Crippen molar-refractivity contribution in [2.45, 2.75) is 29.2 Å². The van der Waals surface area contributed by atoms with E-state index in [0.29, 0.717) is 28.4 Å². The zero-order valence-electron chi connectivity index (χ0n) is 23.8. The van der Waals surface area contributed by atoms with Crippen LogP contribution in [0.4, 0.5) is 17.1 Å². The summed E-state index contributed by atoms with van der Waals surface area (Å²) in [6, 6.07) is 19.4. The highest BCUT2D eigenvalue weighted by Gasteiger charge is 2.70. The maximum Gasteiger partial charge on any atom is 0.305 e. The number of rotatable bonds is 7. The Morgan fingerprint density at radius 2 is 1.54 bits per heavy atom. The van der Waals surface area contributed by atoms with Crippen LogP contribution in [0.3, 0.4) is 0 Å². The second-order valence-corrected chi connectivity index (χ2v) is 14.2. The largest absolute Gasteiger partial charge is 0.489 e. The van der Waals surface area contributed by atoms with Gasteiger partial charge in [0.05, 0.1) is 32.4 Å². The Morgan fingerprint density at radius 1 is 0.870 bits per heavy atom. The molecule has 3 fully saturated rings. The highest BCUT2D eigenvalue weighted by Crippen LogP contribution is 2.69. The number of nitrogens with one attached hydrogen (secondary N) is 1. The quantitative estimate of drug-likeness (QED) is 0.153. The maximum atomic E-state index is 14.0. The summed E-state index contributed by atoms with van der Waals surface area (Å²) in [5, 5.41) is 23.7. The molecule has 46 heavy (non-hydrogen) atoms. The lowest BCUT2D eigenvalue weighted by Gasteiger charge is -2.43. The molecule has 0 spiro atoms. The van der Waals surface area contributed by atoms with E-state index in [4.69, 9.17) is 4.74 Å². The number of carbonyl (C=O) groups is 2. The number of anilines is 1. The molecule has 2 bridgehead atoms. The summed E-state index contributed by atoms with van der Waals surface area (Å²) in [5.41, 5.74) is 1.53. The van der Waals surface area contributed by atoms with Crippen LogP contribution in [0.15, 0.2) is 82.6 Å². The number of nitrogens with zero attached hydrogens (tertiary/aromatic N) is 3. The lowest BCUT2D eigenvalue weighted by Crippen LogP contribution is -2.42. The van der Waals surface area contributed by atoms with Crippen molar-refractivity contribution in [1.82, 2.24) is 4.98 Å². The number of ether oxygens (including phenoxy) is 1. The molecule has 7 atom stereocenters. The second kappa shape index (κ2) is 10.6. The van der Waals surface area contributed by atoms with Gasteiger partial charge in [-0.25, -0.2) is 0 Å². The smallest absolute Gasteiger partial charge is 0.305 e. The van der Waals surface area contributed by atoms with Gasteiger partial charge < -0.3 is 9.72 Å². The molecule has 2 saturated carbocycles. The molecular formula is C32H24N4O8S2.